The van der Waals surface area contributed by atoms with E-state index in [0.717, 1.165) is 204 Å². The number of rotatable bonds is 20. The van der Waals surface area contributed by atoms with Crippen molar-refractivity contribution in [1.82, 2.24) is 49.8 Å². The molecule has 14 aromatic rings. The van der Waals surface area contributed by atoms with E-state index < -0.39 is 90.8 Å². The maximum atomic E-state index is 8.56. The predicted octanol–water partition coefficient (Wildman–Crippen LogP) is 36.3. The monoisotopic (exact) mass is 1880 g/mol. The van der Waals surface area contributed by atoms with E-state index in [1.54, 1.807) is 81.4 Å². The van der Waals surface area contributed by atoms with Gasteiger partial charge in [0.05, 0.1) is 17.6 Å². The van der Waals surface area contributed by atoms with Crippen molar-refractivity contribution in [2.45, 2.75) is 353 Å². The predicted molar refractivity (Wildman–Crippen MR) is 597 cm³/mol. The van der Waals surface area contributed by atoms with Crippen LogP contribution in [0.4, 0.5) is 0 Å². The van der Waals surface area contributed by atoms with E-state index in [0.29, 0.717) is 33.9 Å². The first-order valence-corrected chi connectivity index (χ1v) is 48.7. The van der Waals surface area contributed by atoms with Gasteiger partial charge in [0.15, 0.2) is 11.6 Å². The van der Waals surface area contributed by atoms with Crippen LogP contribution in [0.3, 0.4) is 0 Å². The van der Waals surface area contributed by atoms with Crippen LogP contribution in [0.1, 0.15) is 417 Å². The Morgan fingerprint density at radius 1 is 0.273 bits per heavy atom. The summed E-state index contributed by atoms with van der Waals surface area (Å²) >= 11 is 0. The molecule has 0 spiro atoms. The number of benzene rings is 9. The molecule has 0 atom stereocenters. The van der Waals surface area contributed by atoms with Gasteiger partial charge >= 0.3 is 0 Å². The summed E-state index contributed by atoms with van der Waals surface area (Å²) in [5, 5.41) is 0. The molecule has 10 heteroatoms. The Morgan fingerprint density at radius 2 is 0.547 bits per heavy atom. The normalized spacial score (nSPS) is 15.3. The summed E-state index contributed by atoms with van der Waals surface area (Å²) in [4.78, 5) is 43.4. The lowest BCUT2D eigenvalue weighted by molar-refractivity contribution is 0.411. The molecule has 0 unspecified atom stereocenters. The Bertz CT molecular complexity index is 6670. The third kappa shape index (κ3) is 31.7. The fraction of sp³-hybridized carbons (Fsp3) is 0.426. The van der Waals surface area contributed by atoms with Crippen molar-refractivity contribution in [1.29, 1.82) is 0 Å². The summed E-state index contributed by atoms with van der Waals surface area (Å²) in [6.07, 6.45) is 18.9. The zero-order chi connectivity index (χ0) is 120. The van der Waals surface area contributed by atoms with Crippen LogP contribution < -0.4 is 0 Å². The van der Waals surface area contributed by atoms with Crippen LogP contribution in [-0.4, -0.2) is 49.8 Å². The molecule has 1 fully saturated rings. The van der Waals surface area contributed by atoms with E-state index in [-0.39, 0.29) is 17.0 Å². The van der Waals surface area contributed by atoms with E-state index in [1.807, 2.05) is 302 Å². The maximum absolute atomic E-state index is 8.56. The summed E-state index contributed by atoms with van der Waals surface area (Å²) in [7, 11) is 0. The molecule has 9 aromatic carbocycles. The minimum absolute atomic E-state index is 0.0136. The second-order valence-corrected chi connectivity index (χ2v) is 40.4. The van der Waals surface area contributed by atoms with Crippen LogP contribution in [0.25, 0.3) is 78.5 Å². The third-order valence-electron chi connectivity index (χ3n) is 25.0. The second-order valence-electron chi connectivity index (χ2n) is 40.4. The largest absolute Gasteiger partial charge is 0.258 e. The van der Waals surface area contributed by atoms with Gasteiger partial charge in [0.1, 0.15) is 11.6 Å². The molecule has 15 rings (SSSR count). The van der Waals surface area contributed by atoms with Crippen molar-refractivity contribution in [2.75, 3.05) is 0 Å². The summed E-state index contributed by atoms with van der Waals surface area (Å²) in [5.74, 6) is -4.38. The van der Waals surface area contributed by atoms with Gasteiger partial charge in [0.25, 0.3) is 0 Å². The molecule has 139 heavy (non-hydrogen) atoms. The average Bonchev–Trinajstić information content (AvgIpc) is 1.51. The fourth-order valence-corrected chi connectivity index (χ4v) is 17.1. The summed E-state index contributed by atoms with van der Waals surface area (Å²) in [6, 6.07) is 46.8. The van der Waals surface area contributed by atoms with E-state index >= 15 is 0 Å². The fourth-order valence-electron chi connectivity index (χ4n) is 17.1. The van der Waals surface area contributed by atoms with Crippen LogP contribution >= 0.6 is 0 Å². The highest BCUT2D eigenvalue weighted by atomic mass is 14.9. The minimum atomic E-state index is -2.20. The van der Waals surface area contributed by atoms with Gasteiger partial charge in [-0.15, -0.1) is 0 Å². The SMILES string of the molecule is [2H]C(C)(C)c1cc(-c2ccc(-c3cnc(C)nc3)cc2)cc(C([2H])(C)C)c1C.[2H]C(C)(C)c1cc(-c2ccc(-c3ncc(C)cn3)cc2)cc(C([2H])(C)C)c1C.[2H]C(C)(C)c1cc(-c2cnc(C)cn2)cc(C([2H])(C)C)c1C.[2H]C(C)(C)c1cc(-c2cnc(C)nc2)cc(C([2H])(C)C)c1C.[2H]C(C)(C)c1cc(-c2ncc(C)cn2)cc(C([2H])(C)C)c1C.[2H]C([2H])([2H])c1cc(C([2H])([2H])C(C)(C)C)ccc1C.[2H]C([2H])([2H])c1cc(C([2H])([2H])C2CCCC2)ccc1C. The van der Waals surface area contributed by atoms with Crippen LogP contribution in [0.15, 0.2) is 208 Å². The Morgan fingerprint density at radius 3 is 0.849 bits per heavy atom. The van der Waals surface area contributed by atoms with Gasteiger partial charge in [-0.2, -0.15) is 0 Å². The Labute approximate surface area is 869 Å². The first kappa shape index (κ1) is 84.3. The highest BCUT2D eigenvalue weighted by Gasteiger charge is 2.23. The molecule has 0 saturated heterocycles. The summed E-state index contributed by atoms with van der Waals surface area (Å²) < 4.78 is 163. The molecular weight excluding hydrogens is 1690 g/mol. The van der Waals surface area contributed by atoms with Crippen LogP contribution in [0, 0.1) is 108 Å². The number of nitrogens with zero attached hydrogens (tertiary/aromatic N) is 10. The van der Waals surface area contributed by atoms with E-state index in [2.05, 4.69) is 111 Å². The zero-order valence-electron chi connectivity index (χ0n) is 110. The molecule has 0 N–H and O–H groups in total. The van der Waals surface area contributed by atoms with Gasteiger partial charge in [0, 0.05) is 111 Å². The van der Waals surface area contributed by atoms with Gasteiger partial charge in [-0.3, -0.25) is 9.97 Å². The molecule has 0 bridgehead atoms. The second kappa shape index (κ2) is 51.0. The molecule has 1 aliphatic rings. The number of hydrogen-bond acceptors (Lipinski definition) is 10. The third-order valence-corrected chi connectivity index (χ3v) is 25.0. The van der Waals surface area contributed by atoms with Gasteiger partial charge in [-0.05, 0) is 365 Å². The molecular formula is C129H168N10. The number of hydrogen-bond donors (Lipinski definition) is 0. The lowest BCUT2D eigenvalue weighted by Crippen LogP contribution is -2.09. The van der Waals surface area contributed by atoms with E-state index in [9.17, 15) is 0 Å². The van der Waals surface area contributed by atoms with Crippen molar-refractivity contribution >= 4 is 0 Å². The van der Waals surface area contributed by atoms with Crippen molar-refractivity contribution in [3.8, 4) is 78.5 Å². The van der Waals surface area contributed by atoms with Crippen molar-refractivity contribution < 1.29 is 27.4 Å². The minimum Gasteiger partial charge on any atom is -0.258 e. The lowest BCUT2D eigenvalue weighted by Gasteiger charge is -2.19. The van der Waals surface area contributed by atoms with Gasteiger partial charge < -0.3 is 0 Å². The van der Waals surface area contributed by atoms with E-state index in [1.165, 1.54) is 6.07 Å². The molecule has 1 saturated carbocycles. The van der Waals surface area contributed by atoms with Gasteiger partial charge in [0.2, 0.25) is 0 Å². The molecule has 5 heterocycles. The highest BCUT2D eigenvalue weighted by molar-refractivity contribution is 5.74. The van der Waals surface area contributed by atoms with Crippen molar-refractivity contribution in [3.05, 3.63) is 353 Å². The Hall–Kier alpha value is -11.6. The quantitative estimate of drug-likeness (QED) is 0.0727. The summed E-state index contributed by atoms with van der Waals surface area (Å²) in [5.41, 5.74) is 31.4. The lowest BCUT2D eigenvalue weighted by atomic mass is 9.86. The number of aryl methyl sites for hydroxylation is 9. The smallest absolute Gasteiger partial charge is 0.159 e. The highest BCUT2D eigenvalue weighted by Crippen LogP contribution is 2.41. The first-order chi connectivity index (χ1) is 72.5. The molecule has 0 aliphatic heterocycles. The van der Waals surface area contributed by atoms with Crippen LogP contribution in [-0.2, 0) is 12.7 Å². The summed E-state index contributed by atoms with van der Waals surface area (Å²) in [6.45, 7) is 61.9. The Balaban J connectivity index is 0.000000206. The molecule has 0 radical (unpaired) electrons. The van der Waals surface area contributed by atoms with Gasteiger partial charge in [-0.25, -0.2) is 39.9 Å². The molecule has 734 valence electrons. The van der Waals surface area contributed by atoms with Crippen molar-refractivity contribution in [2.24, 2.45) is 11.3 Å². The van der Waals surface area contributed by atoms with E-state index in [4.69, 9.17) is 27.4 Å². The molecule has 1 aliphatic carbocycles. The first-order valence-electron chi connectivity index (χ1n) is 58.7. The average molecular weight is 1880 g/mol. The topological polar surface area (TPSA) is 129 Å². The van der Waals surface area contributed by atoms with Crippen LogP contribution in [0.5, 0.6) is 0 Å². The standard InChI is InChI=1S/2C24H28N2.3C18H24N2.C14H20.C13H20/c1-15(2)23-11-21(12-24(16(3)4)17(23)5)19-7-9-20(10-8-19)22-13-25-18(6)26-14-22;1-15(2)22-11-21(12-23(16(3)4)18(22)6)19-7-9-20(10-8-19)24-25-13-17(5)14-26-24;1-11(2)17-7-15(8-18(12(3)4)13(17)5)16-9-19-14(6)20-10-16;1-11(2)16-7-15(8-17(12(3)4)14(16)6)18-10-19-13(5)9-20-18;1-11(2)16-7-15(8-17(12(3)4)14(16)6)18-19-9-13(5)10-20-18;1-11-7-8-14(9-12(11)2)10-13-5-3-4-6-13;1-10-6-7-12(8-11(10)2)9-13(3,4)5/h2*7-16H,1-6H3;3*7-12H,1-6H3;7-9,13H,3-6,10H2,1-2H3;6-8H,9H2,1-5H3/i2*15D,16D;3*11D,12D;2D3,10D2;2D3,9D2. The molecule has 5 aromatic heterocycles. The molecule has 10 nitrogen and oxygen atoms in total. The molecule has 0 amide bonds. The van der Waals surface area contributed by atoms with Gasteiger partial charge in [-0.1, -0.05) is 306 Å². The number of aromatic nitrogens is 10. The van der Waals surface area contributed by atoms with Crippen LogP contribution in [0.2, 0.25) is 0 Å². The zero-order valence-corrected chi connectivity index (χ0v) is 90.0. The van der Waals surface area contributed by atoms with Crippen molar-refractivity contribution in [3.63, 3.8) is 0 Å². The Kier molecular flexibility index (Phi) is 30.9. The maximum Gasteiger partial charge on any atom is 0.159 e.